The van der Waals surface area contributed by atoms with Gasteiger partial charge in [0.25, 0.3) is 5.91 Å². The molecule has 1 amide bonds. The standard InChI is InChI=1S/C15H12B2BrF2NO/c16-15(17)10-2-1-3-11(19)13(10)14(22)21(15)7-8-4-5-9(18)6-12(8)20/h1-6H,7,16-17H2. The molecule has 0 saturated carbocycles. The van der Waals surface area contributed by atoms with E-state index in [1.807, 2.05) is 15.7 Å². The van der Waals surface area contributed by atoms with Crippen molar-refractivity contribution in [2.75, 3.05) is 0 Å². The maximum atomic E-state index is 14.0. The van der Waals surface area contributed by atoms with E-state index >= 15 is 0 Å². The van der Waals surface area contributed by atoms with Crippen LogP contribution in [0, 0.1) is 11.6 Å². The maximum absolute atomic E-state index is 14.0. The smallest absolute Gasteiger partial charge is 0.256 e. The second-order valence-corrected chi connectivity index (χ2v) is 6.76. The Labute approximate surface area is 137 Å². The van der Waals surface area contributed by atoms with Gasteiger partial charge in [0.05, 0.1) is 5.56 Å². The van der Waals surface area contributed by atoms with E-state index in [0.717, 1.165) is 0 Å². The third-order valence-corrected chi connectivity index (χ3v) is 4.64. The van der Waals surface area contributed by atoms with E-state index in [4.69, 9.17) is 0 Å². The first-order chi connectivity index (χ1) is 10.3. The van der Waals surface area contributed by atoms with Crippen molar-refractivity contribution in [2.24, 2.45) is 0 Å². The summed E-state index contributed by atoms with van der Waals surface area (Å²) in [5, 5.41) is -0.686. The zero-order chi connectivity index (χ0) is 16.1. The predicted octanol–water partition coefficient (Wildman–Crippen LogP) is 1.76. The van der Waals surface area contributed by atoms with Crippen LogP contribution in [0.1, 0.15) is 21.5 Å². The lowest BCUT2D eigenvalue weighted by atomic mass is 9.58. The van der Waals surface area contributed by atoms with Crippen LogP contribution in [0.4, 0.5) is 8.78 Å². The Morgan fingerprint density at radius 2 is 1.86 bits per heavy atom. The number of carbonyl (C=O) groups is 1. The van der Waals surface area contributed by atoms with E-state index in [1.165, 1.54) is 17.0 Å². The van der Waals surface area contributed by atoms with Gasteiger partial charge < -0.3 is 4.90 Å². The first kappa shape index (κ1) is 15.3. The molecule has 0 aliphatic carbocycles. The fourth-order valence-electron chi connectivity index (χ4n) is 2.88. The van der Waals surface area contributed by atoms with Gasteiger partial charge in [-0.25, -0.2) is 8.78 Å². The quantitative estimate of drug-likeness (QED) is 0.746. The third kappa shape index (κ3) is 2.28. The van der Waals surface area contributed by atoms with E-state index in [9.17, 15) is 13.6 Å². The van der Waals surface area contributed by atoms with Gasteiger partial charge in [0.1, 0.15) is 27.3 Å². The Morgan fingerprint density at radius 3 is 2.50 bits per heavy atom. The number of amides is 1. The van der Waals surface area contributed by atoms with Crippen LogP contribution >= 0.6 is 15.9 Å². The van der Waals surface area contributed by atoms with Crippen LogP contribution < -0.4 is 0 Å². The lowest BCUT2D eigenvalue weighted by molar-refractivity contribution is 0.0727. The van der Waals surface area contributed by atoms with E-state index in [2.05, 4.69) is 15.9 Å². The van der Waals surface area contributed by atoms with Gasteiger partial charge in [-0.15, -0.1) is 0 Å². The molecule has 2 aromatic rings. The van der Waals surface area contributed by atoms with Crippen molar-refractivity contribution < 1.29 is 13.6 Å². The molecule has 1 heterocycles. The molecule has 0 spiro atoms. The van der Waals surface area contributed by atoms with Gasteiger partial charge >= 0.3 is 0 Å². The predicted molar refractivity (Wildman–Crippen MR) is 89.1 cm³/mol. The fourth-order valence-corrected chi connectivity index (χ4v) is 3.21. The van der Waals surface area contributed by atoms with Gasteiger partial charge in [0.2, 0.25) is 0 Å². The number of hydrogen-bond acceptors (Lipinski definition) is 1. The minimum atomic E-state index is -0.686. The highest BCUT2D eigenvalue weighted by Crippen LogP contribution is 2.37. The molecule has 0 bridgehead atoms. The summed E-state index contributed by atoms with van der Waals surface area (Å²) >= 11 is 3.21. The molecule has 3 rings (SSSR count). The lowest BCUT2D eigenvalue weighted by Gasteiger charge is -2.33. The van der Waals surface area contributed by atoms with E-state index < -0.39 is 22.9 Å². The van der Waals surface area contributed by atoms with Crippen LogP contribution in [-0.4, -0.2) is 26.5 Å². The minimum Gasteiger partial charge on any atom is -0.340 e. The number of benzene rings is 2. The largest absolute Gasteiger partial charge is 0.340 e. The summed E-state index contributed by atoms with van der Waals surface area (Å²) in [6.45, 7) is 0.0963. The summed E-state index contributed by atoms with van der Waals surface area (Å²) < 4.78 is 28.7. The normalized spacial score (nSPS) is 16.0. The molecule has 7 heteroatoms. The van der Waals surface area contributed by atoms with Crippen molar-refractivity contribution >= 4 is 37.5 Å². The Kier molecular flexibility index (Phi) is 3.63. The third-order valence-electron chi connectivity index (χ3n) is 4.15. The van der Waals surface area contributed by atoms with Crippen LogP contribution in [0.25, 0.3) is 0 Å². The minimum absolute atomic E-state index is 0.0880. The number of hydrogen-bond donors (Lipinski definition) is 0. The molecule has 1 aliphatic rings. The molecule has 1 aliphatic heterocycles. The van der Waals surface area contributed by atoms with Crippen molar-refractivity contribution in [3.8, 4) is 0 Å². The van der Waals surface area contributed by atoms with Gasteiger partial charge in [-0.05, 0) is 23.8 Å². The van der Waals surface area contributed by atoms with Gasteiger partial charge in [-0.2, -0.15) is 0 Å². The molecule has 0 radical (unpaired) electrons. The molecule has 0 N–H and O–H groups in total. The zero-order valence-electron chi connectivity index (χ0n) is 12.2. The SMILES string of the molecule is BC1(B)c2cccc(F)c2C(=O)N1Cc1ccc(Br)cc1F. The van der Waals surface area contributed by atoms with E-state index in [0.29, 0.717) is 15.6 Å². The van der Waals surface area contributed by atoms with Crippen LogP contribution in [0.15, 0.2) is 40.9 Å². The molecule has 2 aromatic carbocycles. The molecule has 110 valence electrons. The first-order valence-electron chi connectivity index (χ1n) is 6.87. The van der Waals surface area contributed by atoms with Crippen LogP contribution in [0.5, 0.6) is 0 Å². The summed E-state index contributed by atoms with van der Waals surface area (Å²) in [4.78, 5) is 14.1. The van der Waals surface area contributed by atoms with Crippen molar-refractivity contribution in [1.29, 1.82) is 0 Å². The zero-order valence-corrected chi connectivity index (χ0v) is 13.7. The average Bonchev–Trinajstić information content (AvgIpc) is 2.63. The van der Waals surface area contributed by atoms with Gasteiger partial charge in [-0.3, -0.25) is 4.79 Å². The van der Waals surface area contributed by atoms with Crippen molar-refractivity contribution in [1.82, 2.24) is 4.90 Å². The molecule has 0 atom stereocenters. The highest BCUT2D eigenvalue weighted by molar-refractivity contribution is 9.10. The molecule has 2 nitrogen and oxygen atoms in total. The Bertz CT molecular complexity index is 782. The number of fused-ring (bicyclic) bond motifs is 1. The first-order valence-corrected chi connectivity index (χ1v) is 7.66. The van der Waals surface area contributed by atoms with Crippen LogP contribution in [0.3, 0.4) is 0 Å². The van der Waals surface area contributed by atoms with Crippen molar-refractivity contribution in [3.63, 3.8) is 0 Å². The Balaban J connectivity index is 2.03. The van der Waals surface area contributed by atoms with Gasteiger partial charge in [0.15, 0.2) is 0 Å². The van der Waals surface area contributed by atoms with Gasteiger partial charge in [0, 0.05) is 21.9 Å². The molecule has 22 heavy (non-hydrogen) atoms. The maximum Gasteiger partial charge on any atom is 0.256 e. The second kappa shape index (κ2) is 5.23. The van der Waals surface area contributed by atoms with Gasteiger partial charge in [-0.1, -0.05) is 34.1 Å². The Morgan fingerprint density at radius 1 is 1.14 bits per heavy atom. The highest BCUT2D eigenvalue weighted by atomic mass is 79.9. The molecule has 0 saturated heterocycles. The monoisotopic (exact) mass is 361 g/mol. The topological polar surface area (TPSA) is 20.3 Å². The van der Waals surface area contributed by atoms with Crippen LogP contribution in [0.2, 0.25) is 0 Å². The average molecular weight is 362 g/mol. The molecular weight excluding hydrogens is 350 g/mol. The highest BCUT2D eigenvalue weighted by Gasteiger charge is 2.44. The number of rotatable bonds is 2. The van der Waals surface area contributed by atoms with Crippen molar-refractivity contribution in [3.05, 3.63) is 69.2 Å². The summed E-state index contributed by atoms with van der Waals surface area (Å²) in [7, 11) is 3.68. The number of nitrogens with zero attached hydrogens (tertiary/aromatic N) is 1. The molecule has 0 unspecified atom stereocenters. The van der Waals surface area contributed by atoms with Crippen LogP contribution in [-0.2, 0) is 11.9 Å². The second-order valence-electron chi connectivity index (χ2n) is 5.85. The summed E-state index contributed by atoms with van der Waals surface area (Å²) in [5.41, 5.74) is 1.12. The number of carbonyl (C=O) groups excluding carboxylic acids is 1. The number of halogens is 3. The van der Waals surface area contributed by atoms with E-state index in [-0.39, 0.29) is 12.1 Å². The fraction of sp³-hybridized carbons (Fsp3) is 0.133. The van der Waals surface area contributed by atoms with Crippen molar-refractivity contribution in [2.45, 2.75) is 11.9 Å². The molecular formula is C15H12B2BrF2NO. The lowest BCUT2D eigenvalue weighted by Crippen LogP contribution is -2.44. The Hall–Kier alpha value is -1.62. The van der Waals surface area contributed by atoms with E-state index in [1.54, 1.807) is 24.3 Å². The summed E-state index contributed by atoms with van der Waals surface area (Å²) in [5.74, 6) is -1.33. The molecule has 0 fully saturated rings. The summed E-state index contributed by atoms with van der Waals surface area (Å²) in [6, 6.07) is 9.32. The molecule has 0 aromatic heterocycles. The summed E-state index contributed by atoms with van der Waals surface area (Å²) in [6.07, 6.45) is 0.